The molecule has 6 heteroatoms. The summed E-state index contributed by atoms with van der Waals surface area (Å²) < 4.78 is 8.59. The summed E-state index contributed by atoms with van der Waals surface area (Å²) in [4.78, 5) is 0. The smallest absolute Gasteiger partial charge is 0.127 e. The first-order valence-corrected chi connectivity index (χ1v) is 7.01. The Balaban J connectivity index is 1.69. The second-order valence-corrected chi connectivity index (χ2v) is 5.52. The van der Waals surface area contributed by atoms with E-state index in [9.17, 15) is 0 Å². The van der Waals surface area contributed by atoms with Crippen LogP contribution in [-0.4, -0.2) is 21.6 Å². The second kappa shape index (κ2) is 5.30. The number of rotatable bonds is 4. The first-order chi connectivity index (χ1) is 9.24. The summed E-state index contributed by atoms with van der Waals surface area (Å²) in [6.07, 6.45) is 2.77. The molecule has 1 aliphatic rings. The van der Waals surface area contributed by atoms with E-state index in [4.69, 9.17) is 4.74 Å². The van der Waals surface area contributed by atoms with Crippen LogP contribution in [0.15, 0.2) is 22.8 Å². The largest absolute Gasteiger partial charge is 0.493 e. The Hall–Kier alpha value is -1.40. The lowest BCUT2D eigenvalue weighted by atomic mass is 10.1. The fraction of sp³-hybridized carbons (Fsp3) is 0.385. The topological polar surface area (TPSA) is 52.0 Å². The predicted octanol–water partition coefficient (Wildman–Crippen LogP) is 1.80. The molecule has 2 aromatic rings. The van der Waals surface area contributed by atoms with Crippen molar-refractivity contribution in [3.63, 3.8) is 0 Å². The molecular weight excluding hydrogens is 308 g/mol. The monoisotopic (exact) mass is 322 g/mol. The van der Waals surface area contributed by atoms with Gasteiger partial charge in [0.15, 0.2) is 0 Å². The normalized spacial score (nSPS) is 13.4. The molecule has 0 aliphatic carbocycles. The molecule has 0 radical (unpaired) electrons. The highest BCUT2D eigenvalue weighted by atomic mass is 79.9. The van der Waals surface area contributed by atoms with Crippen molar-refractivity contribution in [2.24, 2.45) is 7.05 Å². The van der Waals surface area contributed by atoms with Gasteiger partial charge in [0.1, 0.15) is 5.75 Å². The van der Waals surface area contributed by atoms with Crippen LogP contribution < -0.4 is 10.1 Å². The standard InChI is InChI=1S/C13H15BrN4O/c1-18-12(8-16-17-18)7-15-6-10-5-11(14)4-9-2-3-19-13(9)10/h4-5,8,15H,2-3,6-7H2,1H3. The average molecular weight is 323 g/mol. The van der Waals surface area contributed by atoms with Crippen molar-refractivity contribution in [3.05, 3.63) is 39.6 Å². The summed E-state index contributed by atoms with van der Waals surface area (Å²) in [5, 5.41) is 11.2. The van der Waals surface area contributed by atoms with Gasteiger partial charge in [0, 0.05) is 36.6 Å². The van der Waals surface area contributed by atoms with Gasteiger partial charge in [-0.15, -0.1) is 5.10 Å². The first-order valence-electron chi connectivity index (χ1n) is 6.22. The molecule has 0 unspecified atom stereocenters. The van der Waals surface area contributed by atoms with Gasteiger partial charge in [-0.2, -0.15) is 0 Å². The van der Waals surface area contributed by atoms with E-state index >= 15 is 0 Å². The Morgan fingerprint density at radius 3 is 3.11 bits per heavy atom. The van der Waals surface area contributed by atoms with Crippen molar-refractivity contribution >= 4 is 15.9 Å². The highest BCUT2D eigenvalue weighted by Crippen LogP contribution is 2.32. The fourth-order valence-corrected chi connectivity index (χ4v) is 2.83. The van der Waals surface area contributed by atoms with E-state index < -0.39 is 0 Å². The number of aryl methyl sites for hydroxylation is 1. The molecule has 100 valence electrons. The summed E-state index contributed by atoms with van der Waals surface area (Å²) in [5.41, 5.74) is 3.54. The van der Waals surface area contributed by atoms with E-state index in [2.05, 4.69) is 43.7 Å². The molecule has 1 aromatic carbocycles. The van der Waals surface area contributed by atoms with Gasteiger partial charge < -0.3 is 10.1 Å². The third-order valence-electron chi connectivity index (χ3n) is 3.26. The van der Waals surface area contributed by atoms with Crippen molar-refractivity contribution in [1.82, 2.24) is 20.3 Å². The molecule has 0 atom stereocenters. The Labute approximate surface area is 120 Å². The highest BCUT2D eigenvalue weighted by molar-refractivity contribution is 9.10. The zero-order chi connectivity index (χ0) is 13.2. The number of aromatic nitrogens is 3. The van der Waals surface area contributed by atoms with E-state index in [1.807, 2.05) is 7.05 Å². The lowest BCUT2D eigenvalue weighted by Gasteiger charge is -2.10. The van der Waals surface area contributed by atoms with Crippen LogP contribution in [0.1, 0.15) is 16.8 Å². The molecular formula is C13H15BrN4O. The van der Waals surface area contributed by atoms with Crippen LogP contribution in [0.3, 0.4) is 0 Å². The second-order valence-electron chi connectivity index (χ2n) is 4.60. The molecule has 1 N–H and O–H groups in total. The van der Waals surface area contributed by atoms with Gasteiger partial charge in [0.05, 0.1) is 18.5 Å². The number of nitrogens with one attached hydrogen (secondary N) is 1. The van der Waals surface area contributed by atoms with Crippen LogP contribution >= 0.6 is 15.9 Å². The zero-order valence-corrected chi connectivity index (χ0v) is 12.3. The summed E-state index contributed by atoms with van der Waals surface area (Å²) in [6, 6.07) is 4.25. The Kier molecular flexibility index (Phi) is 3.52. The average Bonchev–Trinajstić information content (AvgIpc) is 2.98. The molecule has 3 rings (SSSR count). The van der Waals surface area contributed by atoms with Gasteiger partial charge >= 0.3 is 0 Å². The summed E-state index contributed by atoms with van der Waals surface area (Å²) in [7, 11) is 1.89. The van der Waals surface area contributed by atoms with Crippen LogP contribution in [0.4, 0.5) is 0 Å². The molecule has 0 amide bonds. The molecule has 0 spiro atoms. The lowest BCUT2D eigenvalue weighted by Crippen LogP contribution is -2.15. The molecule has 0 saturated carbocycles. The van der Waals surface area contributed by atoms with Gasteiger partial charge in [0.25, 0.3) is 0 Å². The van der Waals surface area contributed by atoms with E-state index in [1.54, 1.807) is 10.9 Å². The minimum absolute atomic E-state index is 0.741. The number of benzene rings is 1. The van der Waals surface area contributed by atoms with E-state index in [0.29, 0.717) is 0 Å². The number of halogens is 1. The van der Waals surface area contributed by atoms with Crippen molar-refractivity contribution in [2.45, 2.75) is 19.5 Å². The molecule has 1 aromatic heterocycles. The number of fused-ring (bicyclic) bond motifs is 1. The third kappa shape index (κ3) is 2.64. The first kappa shape index (κ1) is 12.6. The van der Waals surface area contributed by atoms with Gasteiger partial charge in [-0.1, -0.05) is 21.1 Å². The van der Waals surface area contributed by atoms with E-state index in [-0.39, 0.29) is 0 Å². The van der Waals surface area contributed by atoms with Gasteiger partial charge in [-0.05, 0) is 17.7 Å². The van der Waals surface area contributed by atoms with Crippen LogP contribution in [0.25, 0.3) is 0 Å². The molecule has 5 nitrogen and oxygen atoms in total. The maximum Gasteiger partial charge on any atom is 0.127 e. The molecule has 0 saturated heterocycles. The van der Waals surface area contributed by atoms with Gasteiger partial charge in [-0.3, -0.25) is 4.68 Å². The number of hydrogen-bond acceptors (Lipinski definition) is 4. The van der Waals surface area contributed by atoms with E-state index in [0.717, 1.165) is 42.0 Å². The molecule has 2 heterocycles. The Morgan fingerprint density at radius 2 is 2.32 bits per heavy atom. The van der Waals surface area contributed by atoms with E-state index in [1.165, 1.54) is 11.1 Å². The van der Waals surface area contributed by atoms with Gasteiger partial charge in [-0.25, -0.2) is 0 Å². The summed E-state index contributed by atoms with van der Waals surface area (Å²) in [5.74, 6) is 1.04. The highest BCUT2D eigenvalue weighted by Gasteiger charge is 2.17. The predicted molar refractivity (Wildman–Crippen MR) is 74.9 cm³/mol. The van der Waals surface area contributed by atoms with Gasteiger partial charge in [0.2, 0.25) is 0 Å². The molecule has 0 bridgehead atoms. The number of nitrogens with zero attached hydrogens (tertiary/aromatic N) is 3. The Bertz CT molecular complexity index is 596. The fourth-order valence-electron chi connectivity index (χ4n) is 2.27. The maximum absolute atomic E-state index is 5.71. The minimum atomic E-state index is 0.741. The van der Waals surface area contributed by atoms with Crippen LogP contribution in [0.5, 0.6) is 5.75 Å². The minimum Gasteiger partial charge on any atom is -0.493 e. The zero-order valence-electron chi connectivity index (χ0n) is 10.7. The third-order valence-corrected chi connectivity index (χ3v) is 3.71. The van der Waals surface area contributed by atoms with Crippen molar-refractivity contribution in [1.29, 1.82) is 0 Å². The summed E-state index contributed by atoms with van der Waals surface area (Å²) in [6.45, 7) is 2.29. The number of ether oxygens (including phenoxy) is 1. The Morgan fingerprint density at radius 1 is 1.42 bits per heavy atom. The van der Waals surface area contributed by atoms with Crippen molar-refractivity contribution in [2.75, 3.05) is 6.61 Å². The number of hydrogen-bond donors (Lipinski definition) is 1. The van der Waals surface area contributed by atoms with Crippen LogP contribution in [-0.2, 0) is 26.6 Å². The lowest BCUT2D eigenvalue weighted by molar-refractivity contribution is 0.352. The SMILES string of the molecule is Cn1nncc1CNCc1cc(Br)cc2c1OCC2. The van der Waals surface area contributed by atoms with Crippen LogP contribution in [0, 0.1) is 0 Å². The van der Waals surface area contributed by atoms with Crippen molar-refractivity contribution in [3.8, 4) is 5.75 Å². The molecule has 19 heavy (non-hydrogen) atoms. The molecule has 1 aliphatic heterocycles. The summed E-state index contributed by atoms with van der Waals surface area (Å²) >= 11 is 3.55. The van der Waals surface area contributed by atoms with Crippen molar-refractivity contribution < 1.29 is 4.74 Å². The quantitative estimate of drug-likeness (QED) is 0.932. The maximum atomic E-state index is 5.71. The molecule has 0 fully saturated rings. The van der Waals surface area contributed by atoms with Crippen LogP contribution in [0.2, 0.25) is 0 Å².